The molecule has 241 valence electrons. The van der Waals surface area contributed by atoms with Gasteiger partial charge in [0.25, 0.3) is 0 Å². The summed E-state index contributed by atoms with van der Waals surface area (Å²) in [7, 11) is 0. The summed E-state index contributed by atoms with van der Waals surface area (Å²) >= 11 is 0. The van der Waals surface area contributed by atoms with E-state index in [0.29, 0.717) is 5.92 Å². The Morgan fingerprint density at radius 2 is 1.48 bits per heavy atom. The topological polar surface area (TPSA) is 50.2 Å². The molecule has 1 aliphatic rings. The van der Waals surface area contributed by atoms with Crippen LogP contribution in [0.25, 0.3) is 32.8 Å². The van der Waals surface area contributed by atoms with Gasteiger partial charge in [-0.15, -0.1) is 23.6 Å². The van der Waals surface area contributed by atoms with Gasteiger partial charge in [-0.1, -0.05) is 119 Å². The molecule has 6 rings (SSSR count). The van der Waals surface area contributed by atoms with E-state index < -0.39 is 0 Å². The number of rotatable bonds is 9. The summed E-state index contributed by atoms with van der Waals surface area (Å²) in [6.45, 7) is 12.6. The van der Waals surface area contributed by atoms with Gasteiger partial charge in [-0.2, -0.15) is 0 Å². The van der Waals surface area contributed by atoms with Crippen LogP contribution >= 0.6 is 0 Å². The molecule has 46 heavy (non-hydrogen) atoms. The Hall–Kier alpha value is -3.59. The number of fused-ring (bicyclic) bond motifs is 3. The number of ketones is 1. The molecule has 0 aliphatic heterocycles. The van der Waals surface area contributed by atoms with Crippen molar-refractivity contribution in [3.8, 4) is 11.3 Å². The molecule has 5 aromatic rings. The van der Waals surface area contributed by atoms with Crippen molar-refractivity contribution in [2.75, 3.05) is 0 Å². The van der Waals surface area contributed by atoms with Crippen LogP contribution in [0.5, 0.6) is 0 Å². The molecule has 0 saturated carbocycles. The number of pyridine rings is 1. The fourth-order valence-corrected chi connectivity index (χ4v) is 6.68. The summed E-state index contributed by atoms with van der Waals surface area (Å²) < 4.78 is 0. The van der Waals surface area contributed by atoms with Crippen molar-refractivity contribution >= 4 is 27.3 Å². The van der Waals surface area contributed by atoms with Crippen molar-refractivity contribution in [2.45, 2.75) is 79.1 Å². The first-order chi connectivity index (χ1) is 21.8. The van der Waals surface area contributed by atoms with Gasteiger partial charge in [-0.3, -0.25) is 9.78 Å². The van der Waals surface area contributed by atoms with Crippen molar-refractivity contribution < 1.29 is 30.0 Å². The summed E-state index contributed by atoms with van der Waals surface area (Å²) in [6.07, 6.45) is 6.85. The van der Waals surface area contributed by atoms with Crippen LogP contribution < -0.4 is 0 Å². The number of allylic oxidation sites excluding steroid dienone is 2. The minimum atomic E-state index is 0. The van der Waals surface area contributed by atoms with E-state index in [1.807, 2.05) is 33.9 Å². The second-order valence-corrected chi connectivity index (χ2v) is 12.6. The molecule has 1 atom stereocenters. The Balaban J connectivity index is 0.000000259. The molecule has 4 heteroatoms. The predicted octanol–water partition coefficient (Wildman–Crippen LogP) is 11.3. The monoisotopic (exact) mass is 789 g/mol. The third-order valence-electron chi connectivity index (χ3n) is 9.48. The zero-order valence-electron chi connectivity index (χ0n) is 27.9. The summed E-state index contributed by atoms with van der Waals surface area (Å²) in [5.74, 6) is 1.20. The van der Waals surface area contributed by atoms with Crippen molar-refractivity contribution in [1.29, 1.82) is 0 Å². The number of benzene rings is 4. The number of hydrogen-bond acceptors (Lipinski definition) is 3. The van der Waals surface area contributed by atoms with Crippen LogP contribution in [-0.4, -0.2) is 15.9 Å². The van der Waals surface area contributed by atoms with Gasteiger partial charge in [0.1, 0.15) is 0 Å². The normalized spacial score (nSPS) is 13.8. The van der Waals surface area contributed by atoms with Crippen molar-refractivity contribution in [3.63, 3.8) is 0 Å². The maximum absolute atomic E-state index is 11.7. The molecule has 0 fully saturated rings. The Kier molecular flexibility index (Phi) is 12.1. The molecule has 1 radical (unpaired) electrons. The molecule has 0 bridgehead atoms. The number of aliphatic hydroxyl groups is 1. The SMILES string of the molecule is CC(C)c1cc2c3c(nccc3c1)-c1[c-]c3ccccc3cc1C2c1ccccc1.CCC(CC)C(=O)/C=C(\O)C(CC)CC.[Ir]. The van der Waals surface area contributed by atoms with Crippen LogP contribution in [0.4, 0.5) is 0 Å². The van der Waals surface area contributed by atoms with Crippen LogP contribution in [0.15, 0.2) is 96.9 Å². The maximum atomic E-state index is 11.7. The number of nitrogens with zero attached hydrogens (tertiary/aromatic N) is 1. The molecule has 0 amide bonds. The molecular formula is C42H46IrNO2-. The molecule has 1 unspecified atom stereocenters. The smallest absolute Gasteiger partial charge is 0.162 e. The van der Waals surface area contributed by atoms with Crippen LogP contribution in [0.3, 0.4) is 0 Å². The molecule has 1 heterocycles. The van der Waals surface area contributed by atoms with Gasteiger partial charge < -0.3 is 5.11 Å². The zero-order chi connectivity index (χ0) is 32.1. The van der Waals surface area contributed by atoms with E-state index in [-0.39, 0.29) is 49.4 Å². The van der Waals surface area contributed by atoms with Crippen molar-refractivity contribution in [1.82, 2.24) is 4.98 Å². The van der Waals surface area contributed by atoms with Crippen LogP contribution in [-0.2, 0) is 24.9 Å². The fraction of sp³-hybridized carbons (Fsp3) is 0.333. The van der Waals surface area contributed by atoms with E-state index in [1.54, 1.807) is 0 Å². The fourth-order valence-electron chi connectivity index (χ4n) is 6.68. The summed E-state index contributed by atoms with van der Waals surface area (Å²) in [6, 6.07) is 32.4. The third kappa shape index (κ3) is 7.19. The molecular weight excluding hydrogens is 743 g/mol. The molecule has 0 saturated heterocycles. The van der Waals surface area contributed by atoms with E-state index in [4.69, 9.17) is 4.98 Å². The standard InChI is InChI=1S/C29H22N.C13H24O2.Ir/c1-18(2)23-14-22-12-13-30-29-25-16-21-11-7-6-10-20(21)15-24(25)27(26(17-23)28(22)29)19-8-4-3-5-9-19;1-5-10(6-2)12(14)9-13(15)11(7-3)8-4;/h3-15,17-18,27H,1-2H3;9-11,14H,5-8H2,1-4H3;/q-1;;/b;12-9-;. The first-order valence-corrected chi connectivity index (χ1v) is 16.7. The number of carbonyl (C=O) groups excluding carboxylic acids is 1. The largest absolute Gasteiger partial charge is 0.512 e. The molecule has 1 aromatic heterocycles. The average Bonchev–Trinajstić information content (AvgIpc) is 3.06. The molecule has 0 spiro atoms. The Morgan fingerprint density at radius 3 is 2.13 bits per heavy atom. The van der Waals surface area contributed by atoms with Gasteiger partial charge in [-0.25, -0.2) is 0 Å². The number of aromatic nitrogens is 1. The third-order valence-corrected chi connectivity index (χ3v) is 9.48. The minimum Gasteiger partial charge on any atom is -0.512 e. The van der Waals surface area contributed by atoms with Gasteiger partial charge >= 0.3 is 0 Å². The Bertz CT molecular complexity index is 1820. The molecule has 4 aromatic carbocycles. The van der Waals surface area contributed by atoms with Gasteiger partial charge in [-0.05, 0) is 65.1 Å². The maximum Gasteiger partial charge on any atom is 0.162 e. The zero-order valence-corrected chi connectivity index (χ0v) is 30.3. The van der Waals surface area contributed by atoms with E-state index in [9.17, 15) is 9.90 Å². The Morgan fingerprint density at radius 1 is 0.826 bits per heavy atom. The first kappa shape index (κ1) is 35.3. The van der Waals surface area contributed by atoms with Gasteiger partial charge in [0.15, 0.2) is 5.78 Å². The van der Waals surface area contributed by atoms with E-state index in [0.717, 1.165) is 42.3 Å². The quantitative estimate of drug-likeness (QED) is 0.0902. The number of carbonyl (C=O) groups is 1. The van der Waals surface area contributed by atoms with Crippen LogP contribution in [0.1, 0.15) is 101 Å². The van der Waals surface area contributed by atoms with Gasteiger partial charge in [0.2, 0.25) is 0 Å². The van der Waals surface area contributed by atoms with E-state index >= 15 is 0 Å². The molecule has 1 N–H and O–H groups in total. The summed E-state index contributed by atoms with van der Waals surface area (Å²) in [4.78, 5) is 16.6. The molecule has 1 aliphatic carbocycles. The Labute approximate surface area is 288 Å². The van der Waals surface area contributed by atoms with Crippen LogP contribution in [0, 0.1) is 17.9 Å². The van der Waals surface area contributed by atoms with Gasteiger partial charge in [0.05, 0.1) is 5.76 Å². The van der Waals surface area contributed by atoms with E-state index in [1.165, 1.54) is 44.5 Å². The van der Waals surface area contributed by atoms with Gasteiger partial charge in [0, 0.05) is 55.8 Å². The first-order valence-electron chi connectivity index (χ1n) is 16.7. The summed E-state index contributed by atoms with van der Waals surface area (Å²) in [5.41, 5.74) is 7.56. The van der Waals surface area contributed by atoms with Crippen molar-refractivity contribution in [3.05, 3.63) is 125 Å². The average molecular weight is 789 g/mol. The second kappa shape index (κ2) is 15.8. The minimum absolute atomic E-state index is 0. The summed E-state index contributed by atoms with van der Waals surface area (Å²) in [5, 5.41) is 14.7. The van der Waals surface area contributed by atoms with Crippen molar-refractivity contribution in [2.24, 2.45) is 11.8 Å². The predicted molar refractivity (Wildman–Crippen MR) is 189 cm³/mol. The number of hydrogen-bond donors (Lipinski definition) is 1. The van der Waals surface area contributed by atoms with E-state index in [2.05, 4.69) is 98.8 Å². The second-order valence-electron chi connectivity index (χ2n) is 12.6. The number of aliphatic hydroxyl groups excluding tert-OH is 1. The van der Waals surface area contributed by atoms with Crippen LogP contribution in [0.2, 0.25) is 0 Å². The molecule has 3 nitrogen and oxygen atoms in total.